The molecule has 1 heterocycles. The fraction of sp³-hybridized carbons (Fsp3) is 0.632. The van der Waals surface area contributed by atoms with Gasteiger partial charge in [-0.15, -0.1) is 0 Å². The summed E-state index contributed by atoms with van der Waals surface area (Å²) in [4.78, 5) is 0. The first kappa shape index (κ1) is 18.3. The van der Waals surface area contributed by atoms with Gasteiger partial charge in [-0.3, -0.25) is 0 Å². The first-order chi connectivity index (χ1) is 10.8. The first-order valence-electron chi connectivity index (χ1n) is 9.11. The fourth-order valence-electron chi connectivity index (χ4n) is 3.68. The minimum absolute atomic E-state index is 1.34. The van der Waals surface area contributed by atoms with Crippen LogP contribution in [0.3, 0.4) is 0 Å². The van der Waals surface area contributed by atoms with Crippen molar-refractivity contribution >= 4 is 43.6 Å². The Morgan fingerprint density at radius 3 is 2.05 bits per heavy atom. The van der Waals surface area contributed by atoms with Crippen LogP contribution in [0.4, 0.5) is 0 Å². The molecule has 0 fully saturated rings. The second-order valence-corrected chi connectivity index (χ2v) is 20.6. The molecule has 0 aliphatic rings. The fourth-order valence-corrected chi connectivity index (χ4v) is 21.4. The monoisotopic (exact) mass is 425 g/mol. The van der Waals surface area contributed by atoms with Crippen LogP contribution in [0.2, 0.25) is 13.3 Å². The van der Waals surface area contributed by atoms with Crippen molar-refractivity contribution in [3.05, 3.63) is 24.4 Å². The average molecular weight is 424 g/mol. The summed E-state index contributed by atoms with van der Waals surface area (Å²) in [5, 5.41) is 1.51. The minimum atomic E-state index is -2.30. The van der Waals surface area contributed by atoms with Crippen LogP contribution in [0.1, 0.15) is 59.3 Å². The van der Waals surface area contributed by atoms with Crippen LogP contribution in [-0.4, -0.2) is 22.8 Å². The zero-order chi connectivity index (χ0) is 15.8. The van der Waals surface area contributed by atoms with E-state index in [1.807, 2.05) is 0 Å². The Labute approximate surface area is 144 Å². The molecule has 1 aromatic heterocycles. The van der Waals surface area contributed by atoms with Crippen molar-refractivity contribution < 1.29 is 0 Å². The molecule has 0 aliphatic carbocycles. The first-order valence-corrected chi connectivity index (χ1v) is 17.4. The molecule has 0 atom stereocenters. The molecule has 1 nitrogen and oxygen atoms in total. The molecule has 3 heteroatoms. The molecule has 122 valence electrons. The molecule has 22 heavy (non-hydrogen) atoms. The summed E-state index contributed by atoms with van der Waals surface area (Å²) in [6, 6.07) is 7.03. The quantitative estimate of drug-likeness (QED) is 0.405. The molecule has 2 rings (SSSR count). The van der Waals surface area contributed by atoms with E-state index in [-0.39, 0.29) is 0 Å². The number of rotatable bonds is 10. The summed E-state index contributed by atoms with van der Waals surface area (Å²) in [6.07, 6.45) is 10.5. The van der Waals surface area contributed by atoms with Crippen LogP contribution in [-0.2, 0) is 0 Å². The van der Waals surface area contributed by atoms with Crippen LogP contribution >= 0.6 is 11.5 Å². The SMILES string of the molecule is CCC[CH2][Sn]([CH2]CCC)([CH2]CCC)[c]1cccc2sncc12. The Morgan fingerprint density at radius 2 is 1.50 bits per heavy atom. The summed E-state index contributed by atoms with van der Waals surface area (Å²) in [5.74, 6) is 0. The van der Waals surface area contributed by atoms with Gasteiger partial charge in [0.05, 0.1) is 0 Å². The molecular formula is C19H31NSSn. The molecule has 0 saturated heterocycles. The van der Waals surface area contributed by atoms with Gasteiger partial charge in [-0.2, -0.15) is 0 Å². The Balaban J connectivity index is 2.45. The van der Waals surface area contributed by atoms with Gasteiger partial charge in [0.25, 0.3) is 0 Å². The number of hydrogen-bond acceptors (Lipinski definition) is 2. The second kappa shape index (κ2) is 9.26. The van der Waals surface area contributed by atoms with Gasteiger partial charge in [-0.25, -0.2) is 0 Å². The van der Waals surface area contributed by atoms with E-state index in [9.17, 15) is 0 Å². The number of fused-ring (bicyclic) bond motifs is 1. The summed E-state index contributed by atoms with van der Waals surface area (Å²) in [7, 11) is 0. The van der Waals surface area contributed by atoms with E-state index < -0.39 is 18.4 Å². The van der Waals surface area contributed by atoms with Crippen molar-refractivity contribution in [2.45, 2.75) is 72.6 Å². The van der Waals surface area contributed by atoms with Gasteiger partial charge in [0, 0.05) is 0 Å². The van der Waals surface area contributed by atoms with Gasteiger partial charge >= 0.3 is 145 Å². The summed E-state index contributed by atoms with van der Waals surface area (Å²) in [6.45, 7) is 7.05. The molecule has 0 bridgehead atoms. The van der Waals surface area contributed by atoms with Crippen molar-refractivity contribution in [2.75, 3.05) is 0 Å². The van der Waals surface area contributed by atoms with Crippen LogP contribution < -0.4 is 3.58 Å². The van der Waals surface area contributed by atoms with Crippen LogP contribution in [0.25, 0.3) is 10.1 Å². The van der Waals surface area contributed by atoms with Gasteiger partial charge in [0.15, 0.2) is 0 Å². The van der Waals surface area contributed by atoms with Crippen molar-refractivity contribution in [1.29, 1.82) is 0 Å². The van der Waals surface area contributed by atoms with Gasteiger partial charge in [-0.1, -0.05) is 0 Å². The molecule has 0 spiro atoms. The molecule has 0 aliphatic heterocycles. The zero-order valence-electron chi connectivity index (χ0n) is 14.5. The third-order valence-electron chi connectivity index (χ3n) is 5.00. The second-order valence-electron chi connectivity index (χ2n) is 6.63. The van der Waals surface area contributed by atoms with E-state index in [0.717, 1.165) is 0 Å². The number of benzene rings is 1. The molecule has 0 unspecified atom stereocenters. The Bertz CT molecular complexity index is 542. The third-order valence-corrected chi connectivity index (χ3v) is 21.5. The topological polar surface area (TPSA) is 12.9 Å². The van der Waals surface area contributed by atoms with Crippen molar-refractivity contribution in [3.63, 3.8) is 0 Å². The Kier molecular flexibility index (Phi) is 7.69. The van der Waals surface area contributed by atoms with Gasteiger partial charge in [0.2, 0.25) is 0 Å². The predicted molar refractivity (Wildman–Crippen MR) is 104 cm³/mol. The van der Waals surface area contributed by atoms with Gasteiger partial charge < -0.3 is 0 Å². The van der Waals surface area contributed by atoms with E-state index in [4.69, 9.17) is 0 Å². The third kappa shape index (κ3) is 4.25. The van der Waals surface area contributed by atoms with Crippen molar-refractivity contribution in [1.82, 2.24) is 4.37 Å². The maximum absolute atomic E-state index is 4.49. The Morgan fingerprint density at radius 1 is 0.909 bits per heavy atom. The predicted octanol–water partition coefficient (Wildman–Crippen LogP) is 6.35. The summed E-state index contributed by atoms with van der Waals surface area (Å²) in [5.41, 5.74) is 0. The molecule has 0 radical (unpaired) electrons. The molecule has 0 N–H and O–H groups in total. The van der Waals surface area contributed by atoms with E-state index in [0.29, 0.717) is 0 Å². The van der Waals surface area contributed by atoms with Gasteiger partial charge in [-0.05, 0) is 0 Å². The maximum atomic E-state index is 4.49. The molecule has 0 amide bonds. The van der Waals surface area contributed by atoms with Crippen molar-refractivity contribution in [2.24, 2.45) is 0 Å². The van der Waals surface area contributed by atoms with E-state index in [1.165, 1.54) is 48.6 Å². The van der Waals surface area contributed by atoms with Crippen LogP contribution in [0.15, 0.2) is 24.4 Å². The average Bonchev–Trinajstić information content (AvgIpc) is 3.03. The Hall–Kier alpha value is -0.0913. The van der Waals surface area contributed by atoms with Crippen LogP contribution in [0.5, 0.6) is 0 Å². The summed E-state index contributed by atoms with van der Waals surface area (Å²) < 4.78 is 12.3. The van der Waals surface area contributed by atoms with Gasteiger partial charge in [0.1, 0.15) is 0 Å². The normalized spacial score (nSPS) is 12.1. The number of aromatic nitrogens is 1. The molecule has 1 aromatic carbocycles. The van der Waals surface area contributed by atoms with Crippen LogP contribution in [0, 0.1) is 0 Å². The number of unbranched alkanes of at least 4 members (excludes halogenated alkanes) is 3. The standard InChI is InChI=1S/C7H4NS.3C4H9.Sn/c1-2-4-7-6(3-1)5-8-9-7;3*1-3-4-2;/h1-2,4-5H;3*1,3-4H2,2H3;. The van der Waals surface area contributed by atoms with Crippen molar-refractivity contribution in [3.8, 4) is 0 Å². The molecular weight excluding hydrogens is 393 g/mol. The number of nitrogens with zero attached hydrogens (tertiary/aromatic N) is 1. The molecule has 2 aromatic rings. The zero-order valence-corrected chi connectivity index (χ0v) is 18.2. The van der Waals surface area contributed by atoms with E-state index >= 15 is 0 Å². The van der Waals surface area contributed by atoms with E-state index in [2.05, 4.69) is 49.5 Å². The van der Waals surface area contributed by atoms with E-state index in [1.54, 1.807) is 28.4 Å². The number of hydrogen-bond donors (Lipinski definition) is 0. The molecule has 0 saturated carbocycles. The summed E-state index contributed by atoms with van der Waals surface area (Å²) >= 11 is -0.625.